The zero-order valence-electron chi connectivity index (χ0n) is 20.2. The third-order valence-electron chi connectivity index (χ3n) is 5.80. The van der Waals surface area contributed by atoms with E-state index in [9.17, 15) is 18.0 Å². The van der Waals surface area contributed by atoms with Crippen LogP contribution in [0.15, 0.2) is 65.8 Å². The van der Waals surface area contributed by atoms with Crippen LogP contribution in [0.5, 0.6) is 0 Å². The highest BCUT2D eigenvalue weighted by molar-refractivity contribution is 7.89. The number of pyridine rings is 1. The number of nitrogens with two attached hydrogens (primary N) is 1. The molecule has 3 N–H and O–H groups in total. The number of nitrogen functional groups attached to an aromatic ring is 1. The van der Waals surface area contributed by atoms with E-state index in [0.717, 1.165) is 16.1 Å². The Morgan fingerprint density at radius 2 is 1.89 bits per heavy atom. The molecule has 1 aromatic heterocycles. The van der Waals surface area contributed by atoms with Crippen molar-refractivity contribution in [2.75, 3.05) is 30.0 Å². The molecule has 1 aromatic carbocycles. The fraction of sp³-hybridized carbons (Fsp3) is 0.320. The fourth-order valence-corrected chi connectivity index (χ4v) is 4.73. The summed E-state index contributed by atoms with van der Waals surface area (Å²) in [7, 11) is -2.17. The molecule has 1 aliphatic rings. The van der Waals surface area contributed by atoms with Gasteiger partial charge in [-0.2, -0.15) is 0 Å². The molecule has 0 fully saturated rings. The van der Waals surface area contributed by atoms with Crippen LogP contribution in [-0.2, 0) is 26.0 Å². The van der Waals surface area contributed by atoms with Gasteiger partial charge in [0.15, 0.2) is 0 Å². The number of carbonyl (C=O) groups is 2. The lowest BCUT2D eigenvalue weighted by molar-refractivity contribution is -0.130. The third-order valence-corrected chi connectivity index (χ3v) is 6.93. The summed E-state index contributed by atoms with van der Waals surface area (Å²) in [4.78, 5) is 34.0. The second-order valence-corrected chi connectivity index (χ2v) is 10.2. The summed E-state index contributed by atoms with van der Waals surface area (Å²) >= 11 is 0. The van der Waals surface area contributed by atoms with Crippen LogP contribution in [0.25, 0.3) is 0 Å². The number of hydrazine groups is 1. The molecule has 0 atom stereocenters. The van der Waals surface area contributed by atoms with E-state index in [4.69, 9.17) is 5.73 Å². The molecular formula is C25H31N5O4S. The minimum atomic E-state index is -3.78. The second kappa shape index (κ2) is 11.3. The fourth-order valence-electron chi connectivity index (χ4n) is 3.76. The van der Waals surface area contributed by atoms with Gasteiger partial charge in [0.2, 0.25) is 15.9 Å². The molecule has 3 rings (SSSR count). The third kappa shape index (κ3) is 7.00. The number of amides is 2. The first-order valence-corrected chi connectivity index (χ1v) is 12.9. The maximum atomic E-state index is 13.1. The van der Waals surface area contributed by atoms with E-state index in [1.165, 1.54) is 4.90 Å². The van der Waals surface area contributed by atoms with Crippen molar-refractivity contribution in [2.24, 2.45) is 0 Å². The van der Waals surface area contributed by atoms with E-state index in [-0.39, 0.29) is 30.2 Å². The number of allylic oxidation sites excluding steroid dienone is 1. The van der Waals surface area contributed by atoms with Crippen molar-refractivity contribution in [3.05, 3.63) is 77.0 Å². The molecule has 186 valence electrons. The van der Waals surface area contributed by atoms with E-state index < -0.39 is 15.9 Å². The molecule has 1 aliphatic heterocycles. The van der Waals surface area contributed by atoms with Crippen molar-refractivity contribution >= 4 is 33.3 Å². The lowest BCUT2D eigenvalue weighted by Gasteiger charge is -2.30. The summed E-state index contributed by atoms with van der Waals surface area (Å²) in [5.74, 6) is -0.728. The Kier molecular flexibility index (Phi) is 8.42. The van der Waals surface area contributed by atoms with Crippen molar-refractivity contribution in [3.63, 3.8) is 0 Å². The summed E-state index contributed by atoms with van der Waals surface area (Å²) in [6, 6.07) is 13.0. The van der Waals surface area contributed by atoms with E-state index in [0.29, 0.717) is 30.0 Å². The van der Waals surface area contributed by atoms with Crippen molar-refractivity contribution in [2.45, 2.75) is 33.1 Å². The lowest BCUT2D eigenvalue weighted by Crippen LogP contribution is -2.50. The predicted molar refractivity (Wildman–Crippen MR) is 137 cm³/mol. The number of anilines is 2. The van der Waals surface area contributed by atoms with E-state index in [1.807, 2.05) is 30.3 Å². The first-order valence-electron chi connectivity index (χ1n) is 11.3. The van der Waals surface area contributed by atoms with Gasteiger partial charge in [-0.25, -0.2) is 13.4 Å². The number of hydrogen-bond acceptors (Lipinski definition) is 6. The van der Waals surface area contributed by atoms with Crippen molar-refractivity contribution in [1.82, 2.24) is 14.8 Å². The zero-order chi connectivity index (χ0) is 25.6. The Balaban J connectivity index is 1.62. The highest BCUT2D eigenvalue weighted by Crippen LogP contribution is 2.24. The molecule has 35 heavy (non-hydrogen) atoms. The van der Waals surface area contributed by atoms with Gasteiger partial charge in [-0.1, -0.05) is 48.1 Å². The van der Waals surface area contributed by atoms with Gasteiger partial charge < -0.3 is 10.6 Å². The standard InChI is InChI=1S/C25H31N5O4S/c1-18-14-15-30(28-35(33,34)16-8-7-11-20-9-5-4-6-10-20)25(32)21(18)17-24(31)29(3)22-12-13-23(26)27-19(22)2/h4-10,12-13,28H,11,14-17H2,1-3H3,(H2,26,27). The number of carbonyl (C=O) groups excluding carboxylic acids is 2. The van der Waals surface area contributed by atoms with Gasteiger partial charge in [-0.05, 0) is 44.4 Å². The minimum absolute atomic E-state index is 0.153. The number of aryl methyl sites for hydroxylation is 1. The second-order valence-electron chi connectivity index (χ2n) is 8.47. The molecule has 0 saturated heterocycles. The number of hydrogen-bond donors (Lipinski definition) is 2. The number of aromatic nitrogens is 1. The van der Waals surface area contributed by atoms with Crippen LogP contribution in [0, 0.1) is 6.92 Å². The first-order chi connectivity index (χ1) is 16.6. The average molecular weight is 498 g/mol. The van der Waals surface area contributed by atoms with E-state index >= 15 is 0 Å². The summed E-state index contributed by atoms with van der Waals surface area (Å²) in [5, 5.41) is 1.08. The van der Waals surface area contributed by atoms with Crippen LogP contribution in [0.1, 0.15) is 31.0 Å². The topological polar surface area (TPSA) is 126 Å². The van der Waals surface area contributed by atoms with Gasteiger partial charge in [0.25, 0.3) is 5.91 Å². The molecule has 0 aliphatic carbocycles. The maximum absolute atomic E-state index is 13.1. The van der Waals surface area contributed by atoms with Crippen LogP contribution >= 0.6 is 0 Å². The van der Waals surface area contributed by atoms with Crippen molar-refractivity contribution in [3.8, 4) is 0 Å². The van der Waals surface area contributed by atoms with Gasteiger partial charge in [-0.3, -0.25) is 14.6 Å². The number of benzene rings is 1. The summed E-state index contributed by atoms with van der Waals surface area (Å²) in [6.07, 6.45) is 4.27. The molecule has 9 nitrogen and oxygen atoms in total. The smallest absolute Gasteiger partial charge is 0.265 e. The van der Waals surface area contributed by atoms with Gasteiger partial charge in [0.1, 0.15) is 5.82 Å². The molecule has 2 aromatic rings. The number of rotatable bonds is 9. The SMILES string of the molecule is CC1=C(CC(=O)N(C)c2ccc(N)nc2C)C(=O)N(NS(=O)(=O)CC=CCc2ccccc2)CC1. The Morgan fingerprint density at radius 1 is 1.17 bits per heavy atom. The number of nitrogens with one attached hydrogen (secondary N) is 1. The lowest BCUT2D eigenvalue weighted by atomic mass is 9.98. The molecule has 0 saturated carbocycles. The molecule has 0 radical (unpaired) electrons. The van der Waals surface area contributed by atoms with E-state index in [1.54, 1.807) is 45.2 Å². The first kappa shape index (κ1) is 26.1. The van der Waals surface area contributed by atoms with Crippen molar-refractivity contribution in [1.29, 1.82) is 0 Å². The normalized spacial score (nSPS) is 14.6. The molecular weight excluding hydrogens is 466 g/mol. The molecule has 0 unspecified atom stereocenters. The number of nitrogens with zero attached hydrogens (tertiary/aromatic N) is 3. The molecule has 2 heterocycles. The Hall–Kier alpha value is -3.50. The quantitative estimate of drug-likeness (QED) is 0.513. The van der Waals surface area contributed by atoms with E-state index in [2.05, 4.69) is 9.82 Å². The summed E-state index contributed by atoms with van der Waals surface area (Å²) < 4.78 is 25.1. The van der Waals surface area contributed by atoms with Gasteiger partial charge in [0, 0.05) is 19.2 Å². The Bertz CT molecular complexity index is 1260. The summed E-state index contributed by atoms with van der Waals surface area (Å²) in [6.45, 7) is 3.73. The molecule has 2 amide bonds. The highest BCUT2D eigenvalue weighted by Gasteiger charge is 2.30. The van der Waals surface area contributed by atoms with Crippen LogP contribution in [0.3, 0.4) is 0 Å². The molecule has 10 heteroatoms. The maximum Gasteiger partial charge on any atom is 0.265 e. The van der Waals surface area contributed by atoms with Crippen LogP contribution in [0.2, 0.25) is 0 Å². The largest absolute Gasteiger partial charge is 0.384 e. The minimum Gasteiger partial charge on any atom is -0.384 e. The van der Waals surface area contributed by atoms with Gasteiger partial charge in [-0.15, -0.1) is 4.83 Å². The Labute approximate surface area is 206 Å². The van der Waals surface area contributed by atoms with Gasteiger partial charge in [0.05, 0.1) is 23.6 Å². The predicted octanol–water partition coefficient (Wildman–Crippen LogP) is 2.51. The van der Waals surface area contributed by atoms with Gasteiger partial charge >= 0.3 is 0 Å². The monoisotopic (exact) mass is 497 g/mol. The van der Waals surface area contributed by atoms with Crippen LogP contribution < -0.4 is 15.5 Å². The van der Waals surface area contributed by atoms with Crippen LogP contribution in [0.4, 0.5) is 11.5 Å². The zero-order valence-corrected chi connectivity index (χ0v) is 21.0. The molecule has 0 spiro atoms. The van der Waals surface area contributed by atoms with Crippen LogP contribution in [-0.4, -0.2) is 49.6 Å². The number of sulfonamides is 1. The average Bonchev–Trinajstić information content (AvgIpc) is 2.81. The summed E-state index contributed by atoms with van der Waals surface area (Å²) in [5.41, 5.74) is 9.00. The van der Waals surface area contributed by atoms with Crippen molar-refractivity contribution < 1.29 is 18.0 Å². The highest BCUT2D eigenvalue weighted by atomic mass is 32.2. The Morgan fingerprint density at radius 3 is 2.57 bits per heavy atom. The molecule has 0 bridgehead atoms.